The van der Waals surface area contributed by atoms with Crippen LogP contribution in [-0.4, -0.2) is 18.2 Å². The Balaban J connectivity index is 1.95. The summed E-state index contributed by atoms with van der Waals surface area (Å²) in [6.07, 6.45) is 3.11. The zero-order valence-electron chi connectivity index (χ0n) is 12.8. The van der Waals surface area contributed by atoms with E-state index >= 15 is 0 Å². The molecule has 2 N–H and O–H groups in total. The molecule has 0 spiro atoms. The van der Waals surface area contributed by atoms with Crippen LogP contribution in [0.25, 0.3) is 0 Å². The molecule has 0 heterocycles. The van der Waals surface area contributed by atoms with Gasteiger partial charge >= 0.3 is 6.09 Å². The first-order chi connectivity index (χ1) is 9.83. The standard InChI is InChI=1S/C16H23FN2O2/c1-16(2,3)21-15(20)19-12-7-8-13(17)14(9-12)18-10-11-5-4-6-11/h7-9,11,18H,4-6,10H2,1-3H3,(H,19,20). The monoisotopic (exact) mass is 294 g/mol. The molecule has 5 heteroatoms. The van der Waals surface area contributed by atoms with Gasteiger partial charge in [-0.25, -0.2) is 9.18 Å². The quantitative estimate of drug-likeness (QED) is 0.866. The second-order valence-corrected chi connectivity index (χ2v) is 6.50. The first-order valence-electron chi connectivity index (χ1n) is 7.37. The van der Waals surface area contributed by atoms with Gasteiger partial charge in [-0.3, -0.25) is 5.32 Å². The predicted octanol–water partition coefficient (Wildman–Crippen LogP) is 4.38. The average Bonchev–Trinajstić information content (AvgIpc) is 2.28. The lowest BCUT2D eigenvalue weighted by atomic mass is 9.85. The smallest absolute Gasteiger partial charge is 0.412 e. The van der Waals surface area contributed by atoms with Crippen molar-refractivity contribution in [2.45, 2.75) is 45.6 Å². The molecule has 1 saturated carbocycles. The minimum atomic E-state index is -0.560. The van der Waals surface area contributed by atoms with Gasteiger partial charge in [-0.15, -0.1) is 0 Å². The Labute approximate surface area is 125 Å². The Hall–Kier alpha value is -1.78. The number of ether oxygens (including phenoxy) is 1. The van der Waals surface area contributed by atoms with Crippen LogP contribution in [0.3, 0.4) is 0 Å². The van der Waals surface area contributed by atoms with Gasteiger partial charge in [0.25, 0.3) is 0 Å². The molecule has 116 valence electrons. The second kappa shape index (κ2) is 6.33. The molecule has 2 rings (SSSR count). The number of nitrogens with one attached hydrogen (secondary N) is 2. The summed E-state index contributed by atoms with van der Waals surface area (Å²) in [5.74, 6) is 0.316. The molecule has 1 amide bonds. The summed E-state index contributed by atoms with van der Waals surface area (Å²) in [5.41, 5.74) is 0.368. The fourth-order valence-corrected chi connectivity index (χ4v) is 2.11. The van der Waals surface area contributed by atoms with E-state index in [1.54, 1.807) is 26.8 Å². The van der Waals surface area contributed by atoms with E-state index in [-0.39, 0.29) is 5.82 Å². The number of anilines is 2. The first kappa shape index (κ1) is 15.6. The highest BCUT2D eigenvalue weighted by Crippen LogP contribution is 2.27. The van der Waals surface area contributed by atoms with E-state index in [9.17, 15) is 9.18 Å². The Bertz CT molecular complexity index is 507. The summed E-state index contributed by atoms with van der Waals surface area (Å²) in [6, 6.07) is 4.46. The maximum absolute atomic E-state index is 13.7. The molecule has 1 aliphatic rings. The molecule has 0 aromatic heterocycles. The lowest BCUT2D eigenvalue weighted by Crippen LogP contribution is -2.27. The summed E-state index contributed by atoms with van der Waals surface area (Å²) < 4.78 is 18.9. The van der Waals surface area contributed by atoms with Crippen LogP contribution in [0, 0.1) is 11.7 Å². The normalized spacial score (nSPS) is 15.2. The van der Waals surface area contributed by atoms with Crippen LogP contribution < -0.4 is 10.6 Å². The third-order valence-corrected chi connectivity index (χ3v) is 3.42. The fourth-order valence-electron chi connectivity index (χ4n) is 2.11. The van der Waals surface area contributed by atoms with E-state index in [0.717, 1.165) is 6.54 Å². The number of rotatable bonds is 4. The molecule has 1 aromatic rings. The van der Waals surface area contributed by atoms with Gasteiger partial charge < -0.3 is 10.1 Å². The maximum atomic E-state index is 13.7. The van der Waals surface area contributed by atoms with E-state index in [2.05, 4.69) is 10.6 Å². The van der Waals surface area contributed by atoms with E-state index in [1.165, 1.54) is 31.4 Å². The topological polar surface area (TPSA) is 50.4 Å². The first-order valence-corrected chi connectivity index (χ1v) is 7.37. The zero-order chi connectivity index (χ0) is 15.5. The van der Waals surface area contributed by atoms with Crippen LogP contribution in [0.1, 0.15) is 40.0 Å². The highest BCUT2D eigenvalue weighted by molar-refractivity contribution is 5.85. The van der Waals surface area contributed by atoms with Crippen LogP contribution in [-0.2, 0) is 4.74 Å². The number of hydrogen-bond donors (Lipinski definition) is 2. The van der Waals surface area contributed by atoms with E-state index in [0.29, 0.717) is 17.3 Å². The second-order valence-electron chi connectivity index (χ2n) is 6.50. The van der Waals surface area contributed by atoms with Crippen LogP contribution in [0.4, 0.5) is 20.6 Å². The van der Waals surface area contributed by atoms with Crippen molar-refractivity contribution in [3.8, 4) is 0 Å². The third kappa shape index (κ3) is 4.92. The summed E-state index contributed by atoms with van der Waals surface area (Å²) in [4.78, 5) is 11.7. The van der Waals surface area contributed by atoms with Crippen molar-refractivity contribution in [3.05, 3.63) is 24.0 Å². The average molecular weight is 294 g/mol. The van der Waals surface area contributed by atoms with Crippen molar-refractivity contribution >= 4 is 17.5 Å². The molecule has 1 fully saturated rings. The number of halogens is 1. The fraction of sp³-hybridized carbons (Fsp3) is 0.562. The summed E-state index contributed by atoms with van der Waals surface area (Å²) >= 11 is 0. The minimum Gasteiger partial charge on any atom is -0.444 e. The van der Waals surface area contributed by atoms with E-state index in [1.807, 2.05) is 0 Å². The largest absolute Gasteiger partial charge is 0.444 e. The van der Waals surface area contributed by atoms with Crippen molar-refractivity contribution in [2.75, 3.05) is 17.2 Å². The van der Waals surface area contributed by atoms with E-state index < -0.39 is 11.7 Å². The predicted molar refractivity (Wildman–Crippen MR) is 82.1 cm³/mol. The molecule has 1 aromatic carbocycles. The van der Waals surface area contributed by atoms with Crippen LogP contribution in [0.2, 0.25) is 0 Å². The number of carbonyl (C=O) groups is 1. The Kier molecular flexibility index (Phi) is 4.70. The molecular formula is C16H23FN2O2. The van der Waals surface area contributed by atoms with E-state index in [4.69, 9.17) is 4.74 Å². The molecular weight excluding hydrogens is 271 g/mol. The molecule has 1 aliphatic carbocycles. The molecule has 0 atom stereocenters. The van der Waals surface area contributed by atoms with Crippen molar-refractivity contribution < 1.29 is 13.9 Å². The Morgan fingerprint density at radius 1 is 1.38 bits per heavy atom. The van der Waals surface area contributed by atoms with Gasteiger partial charge in [0.2, 0.25) is 0 Å². The van der Waals surface area contributed by atoms with Crippen molar-refractivity contribution in [2.24, 2.45) is 5.92 Å². The van der Waals surface area contributed by atoms with Crippen LogP contribution in [0.15, 0.2) is 18.2 Å². The van der Waals surface area contributed by atoms with Crippen molar-refractivity contribution in [3.63, 3.8) is 0 Å². The Morgan fingerprint density at radius 2 is 2.10 bits per heavy atom. The molecule has 0 unspecified atom stereocenters. The molecule has 0 radical (unpaired) electrons. The molecule has 0 saturated heterocycles. The lowest BCUT2D eigenvalue weighted by molar-refractivity contribution is 0.0636. The van der Waals surface area contributed by atoms with Gasteiger partial charge in [-0.2, -0.15) is 0 Å². The minimum absolute atomic E-state index is 0.316. The maximum Gasteiger partial charge on any atom is 0.412 e. The number of carbonyl (C=O) groups excluding carboxylic acids is 1. The lowest BCUT2D eigenvalue weighted by Gasteiger charge is -2.26. The number of benzene rings is 1. The van der Waals surface area contributed by atoms with Gasteiger partial charge in [0.1, 0.15) is 11.4 Å². The van der Waals surface area contributed by atoms with Crippen LogP contribution >= 0.6 is 0 Å². The van der Waals surface area contributed by atoms with Gasteiger partial charge in [0.15, 0.2) is 0 Å². The summed E-state index contributed by atoms with van der Waals surface area (Å²) in [5, 5.41) is 5.72. The van der Waals surface area contributed by atoms with Gasteiger partial charge in [0, 0.05) is 12.2 Å². The summed E-state index contributed by atoms with van der Waals surface area (Å²) in [7, 11) is 0. The molecule has 0 aliphatic heterocycles. The van der Waals surface area contributed by atoms with Gasteiger partial charge in [-0.1, -0.05) is 6.42 Å². The van der Waals surface area contributed by atoms with Gasteiger partial charge in [0.05, 0.1) is 5.69 Å². The van der Waals surface area contributed by atoms with Crippen molar-refractivity contribution in [1.82, 2.24) is 0 Å². The van der Waals surface area contributed by atoms with Gasteiger partial charge in [-0.05, 0) is 57.7 Å². The third-order valence-electron chi connectivity index (χ3n) is 3.42. The highest BCUT2D eigenvalue weighted by atomic mass is 19.1. The highest BCUT2D eigenvalue weighted by Gasteiger charge is 2.18. The van der Waals surface area contributed by atoms with Crippen molar-refractivity contribution in [1.29, 1.82) is 0 Å². The van der Waals surface area contributed by atoms with Crippen LogP contribution in [0.5, 0.6) is 0 Å². The molecule has 0 bridgehead atoms. The summed E-state index contributed by atoms with van der Waals surface area (Å²) in [6.45, 7) is 6.15. The molecule has 4 nitrogen and oxygen atoms in total. The Morgan fingerprint density at radius 3 is 2.67 bits per heavy atom. The SMILES string of the molecule is CC(C)(C)OC(=O)Nc1ccc(F)c(NCC2CCC2)c1. The molecule has 21 heavy (non-hydrogen) atoms. The number of amides is 1. The number of hydrogen-bond acceptors (Lipinski definition) is 3. The zero-order valence-corrected chi connectivity index (χ0v) is 12.8.